The first-order chi connectivity index (χ1) is 7.76. The lowest BCUT2D eigenvalue weighted by Gasteiger charge is -2.09. The molecule has 0 atom stereocenters. The Bertz CT molecular complexity index is 479. The van der Waals surface area contributed by atoms with Crippen LogP contribution in [0.2, 0.25) is 0 Å². The fraction of sp³-hybridized carbons (Fsp3) is 0.200. The number of halogens is 1. The Balaban J connectivity index is 2.60. The minimum Gasteiger partial charge on any atom is -0.496 e. The first kappa shape index (κ1) is 11.6. The Labute approximate surface area is 111 Å². The number of hydrogen-bond acceptors (Lipinski definition) is 5. The third kappa shape index (κ3) is 2.12. The highest BCUT2D eigenvalue weighted by Crippen LogP contribution is 2.38. The third-order valence-corrected chi connectivity index (χ3v) is 3.59. The second-order valence-corrected chi connectivity index (χ2v) is 4.62. The maximum absolute atomic E-state index is 5.31. The molecular formula is C10H9IN2O2S. The molecule has 0 spiro atoms. The van der Waals surface area contributed by atoms with Gasteiger partial charge in [0.1, 0.15) is 11.5 Å². The summed E-state index contributed by atoms with van der Waals surface area (Å²) >= 11 is 3.41. The van der Waals surface area contributed by atoms with Crippen LogP contribution in [-0.2, 0) is 0 Å². The van der Waals surface area contributed by atoms with Crippen LogP contribution in [0.5, 0.6) is 11.5 Å². The first-order valence-corrected chi connectivity index (χ1v) is 6.32. The summed E-state index contributed by atoms with van der Waals surface area (Å²) in [6.07, 6.45) is 0. The molecule has 1 heterocycles. The van der Waals surface area contributed by atoms with Gasteiger partial charge in [0.15, 0.2) is 5.01 Å². The Hall–Kier alpha value is -0.890. The van der Waals surface area contributed by atoms with Crippen LogP contribution >= 0.6 is 34.1 Å². The molecule has 2 aromatic rings. The van der Waals surface area contributed by atoms with E-state index in [4.69, 9.17) is 9.47 Å². The summed E-state index contributed by atoms with van der Waals surface area (Å²) in [7, 11) is 3.26. The van der Waals surface area contributed by atoms with Gasteiger partial charge in [0.25, 0.3) is 0 Å². The van der Waals surface area contributed by atoms with E-state index < -0.39 is 0 Å². The number of nitrogens with zero attached hydrogens (tertiary/aromatic N) is 2. The van der Waals surface area contributed by atoms with E-state index in [-0.39, 0.29) is 0 Å². The normalized spacial score (nSPS) is 10.2. The molecule has 2 rings (SSSR count). The van der Waals surface area contributed by atoms with Gasteiger partial charge in [-0.3, -0.25) is 0 Å². The molecule has 0 aliphatic heterocycles. The minimum atomic E-state index is 0.727. The van der Waals surface area contributed by atoms with Crippen molar-refractivity contribution in [3.8, 4) is 22.1 Å². The summed E-state index contributed by atoms with van der Waals surface area (Å²) in [4.78, 5) is 4.33. The van der Waals surface area contributed by atoms with Crippen LogP contribution in [0, 0.1) is 3.83 Å². The second-order valence-electron chi connectivity index (χ2n) is 2.91. The summed E-state index contributed by atoms with van der Waals surface area (Å²) < 4.78 is 15.5. The monoisotopic (exact) mass is 348 g/mol. The van der Waals surface area contributed by atoms with Crippen molar-refractivity contribution in [1.82, 2.24) is 9.36 Å². The van der Waals surface area contributed by atoms with Crippen LogP contribution in [0.3, 0.4) is 0 Å². The molecule has 0 radical (unpaired) electrons. The quantitative estimate of drug-likeness (QED) is 0.801. The summed E-state index contributed by atoms with van der Waals surface area (Å²) in [5.74, 6) is 1.49. The van der Waals surface area contributed by atoms with Crippen molar-refractivity contribution in [1.29, 1.82) is 0 Å². The summed E-state index contributed by atoms with van der Waals surface area (Å²) in [6.45, 7) is 0. The van der Waals surface area contributed by atoms with Crippen molar-refractivity contribution in [2.45, 2.75) is 0 Å². The number of methoxy groups -OCH3 is 2. The molecule has 6 heteroatoms. The maximum atomic E-state index is 5.31. The number of hydrogen-bond donors (Lipinski definition) is 0. The molecule has 0 bridgehead atoms. The highest BCUT2D eigenvalue weighted by molar-refractivity contribution is 14.1. The van der Waals surface area contributed by atoms with Gasteiger partial charge in [-0.05, 0) is 23.7 Å². The van der Waals surface area contributed by atoms with E-state index in [2.05, 4.69) is 31.9 Å². The molecule has 16 heavy (non-hydrogen) atoms. The Morgan fingerprint density at radius 1 is 1.19 bits per heavy atom. The highest BCUT2D eigenvalue weighted by atomic mass is 127. The van der Waals surface area contributed by atoms with E-state index in [9.17, 15) is 0 Å². The van der Waals surface area contributed by atoms with Crippen LogP contribution < -0.4 is 9.47 Å². The minimum absolute atomic E-state index is 0.727. The van der Waals surface area contributed by atoms with Gasteiger partial charge in [-0.1, -0.05) is 6.07 Å². The molecule has 0 aliphatic carbocycles. The zero-order valence-corrected chi connectivity index (χ0v) is 11.7. The predicted octanol–water partition coefficient (Wildman–Crippen LogP) is 2.83. The van der Waals surface area contributed by atoms with Crippen molar-refractivity contribution < 1.29 is 9.47 Å². The molecular weight excluding hydrogens is 339 g/mol. The molecule has 0 N–H and O–H groups in total. The Morgan fingerprint density at radius 3 is 2.25 bits per heavy atom. The molecule has 1 aromatic carbocycles. The van der Waals surface area contributed by atoms with Crippen molar-refractivity contribution in [2.75, 3.05) is 14.2 Å². The van der Waals surface area contributed by atoms with Gasteiger partial charge in [0.05, 0.1) is 19.8 Å². The number of ether oxygens (including phenoxy) is 2. The van der Waals surface area contributed by atoms with Gasteiger partial charge in [-0.2, -0.15) is 4.37 Å². The number of rotatable bonds is 3. The summed E-state index contributed by atoms with van der Waals surface area (Å²) in [5.41, 5.74) is 0.855. The standard InChI is InChI=1S/C10H9IN2O2S/c1-14-6-4-3-5-7(15-2)8(6)9-12-10(11)13-16-9/h3-5H,1-2H3. The highest BCUT2D eigenvalue weighted by Gasteiger charge is 2.15. The van der Waals surface area contributed by atoms with Gasteiger partial charge >= 0.3 is 0 Å². The topological polar surface area (TPSA) is 44.2 Å². The van der Waals surface area contributed by atoms with Crippen molar-refractivity contribution >= 4 is 34.1 Å². The van der Waals surface area contributed by atoms with E-state index >= 15 is 0 Å². The van der Waals surface area contributed by atoms with Gasteiger partial charge in [-0.15, -0.1) is 0 Å². The third-order valence-electron chi connectivity index (χ3n) is 2.04. The predicted molar refractivity (Wildman–Crippen MR) is 71.2 cm³/mol. The smallest absolute Gasteiger partial charge is 0.203 e. The lowest BCUT2D eigenvalue weighted by atomic mass is 10.2. The van der Waals surface area contributed by atoms with E-state index in [0.29, 0.717) is 0 Å². The number of aromatic nitrogens is 2. The molecule has 0 aliphatic rings. The van der Waals surface area contributed by atoms with E-state index in [1.165, 1.54) is 11.5 Å². The Kier molecular flexibility index (Phi) is 3.59. The fourth-order valence-electron chi connectivity index (χ4n) is 1.37. The lowest BCUT2D eigenvalue weighted by molar-refractivity contribution is 0.397. The molecule has 0 fully saturated rings. The largest absolute Gasteiger partial charge is 0.496 e. The maximum Gasteiger partial charge on any atom is 0.203 e. The molecule has 1 aromatic heterocycles. The average Bonchev–Trinajstić information content (AvgIpc) is 2.74. The van der Waals surface area contributed by atoms with Crippen molar-refractivity contribution in [3.63, 3.8) is 0 Å². The van der Waals surface area contributed by atoms with Gasteiger partial charge < -0.3 is 9.47 Å². The van der Waals surface area contributed by atoms with E-state index in [0.717, 1.165) is 25.9 Å². The van der Waals surface area contributed by atoms with Crippen molar-refractivity contribution in [2.24, 2.45) is 0 Å². The average molecular weight is 348 g/mol. The van der Waals surface area contributed by atoms with E-state index in [1.54, 1.807) is 14.2 Å². The molecule has 0 saturated carbocycles. The Morgan fingerprint density at radius 2 is 1.81 bits per heavy atom. The van der Waals surface area contributed by atoms with Crippen LogP contribution in [-0.4, -0.2) is 23.6 Å². The zero-order chi connectivity index (χ0) is 11.5. The summed E-state index contributed by atoms with van der Waals surface area (Å²) in [5, 5.41) is 0.804. The second kappa shape index (κ2) is 4.96. The number of benzene rings is 1. The van der Waals surface area contributed by atoms with Crippen LogP contribution in [0.4, 0.5) is 0 Å². The lowest BCUT2D eigenvalue weighted by Crippen LogP contribution is -1.92. The first-order valence-electron chi connectivity index (χ1n) is 4.47. The van der Waals surface area contributed by atoms with Crippen LogP contribution in [0.25, 0.3) is 10.6 Å². The summed E-state index contributed by atoms with van der Waals surface area (Å²) in [6, 6.07) is 5.64. The molecule has 0 saturated heterocycles. The van der Waals surface area contributed by atoms with Gasteiger partial charge in [-0.25, -0.2) is 4.98 Å². The van der Waals surface area contributed by atoms with E-state index in [1.807, 2.05) is 18.2 Å². The molecule has 0 amide bonds. The molecule has 84 valence electrons. The van der Waals surface area contributed by atoms with Crippen LogP contribution in [0.15, 0.2) is 18.2 Å². The fourth-order valence-corrected chi connectivity index (χ4v) is 2.69. The van der Waals surface area contributed by atoms with Crippen LogP contribution in [0.1, 0.15) is 0 Å². The SMILES string of the molecule is COc1cccc(OC)c1-c1nc(I)ns1. The van der Waals surface area contributed by atoms with Gasteiger partial charge in [0.2, 0.25) is 3.83 Å². The molecule has 0 unspecified atom stereocenters. The molecule has 4 nitrogen and oxygen atoms in total. The zero-order valence-electron chi connectivity index (χ0n) is 8.73. The van der Waals surface area contributed by atoms with Crippen molar-refractivity contribution in [3.05, 3.63) is 22.0 Å². The van der Waals surface area contributed by atoms with Gasteiger partial charge in [0, 0.05) is 22.6 Å².